The van der Waals surface area contributed by atoms with Gasteiger partial charge in [0.2, 0.25) is 0 Å². The van der Waals surface area contributed by atoms with E-state index in [0.717, 1.165) is 16.7 Å². The number of ether oxygens (including phenoxy) is 2. The van der Waals surface area contributed by atoms with E-state index >= 15 is 0 Å². The van der Waals surface area contributed by atoms with Crippen LogP contribution in [0.4, 0.5) is 4.39 Å². The molecule has 4 nitrogen and oxygen atoms in total. The van der Waals surface area contributed by atoms with Gasteiger partial charge in [0, 0.05) is 11.1 Å². The molecule has 0 saturated carbocycles. The van der Waals surface area contributed by atoms with Crippen LogP contribution >= 0.6 is 0 Å². The Balaban J connectivity index is 2.03. The summed E-state index contributed by atoms with van der Waals surface area (Å²) in [6.45, 7) is 6.03. The lowest BCUT2D eigenvalue weighted by Gasteiger charge is -2.17. The molecular formula is C25H25FO4. The smallest absolute Gasteiger partial charge is 0.168 e. The van der Waals surface area contributed by atoms with Crippen molar-refractivity contribution in [2.45, 2.75) is 20.8 Å². The van der Waals surface area contributed by atoms with Crippen molar-refractivity contribution in [3.8, 4) is 45.3 Å². The van der Waals surface area contributed by atoms with Crippen LogP contribution in [0.3, 0.4) is 0 Å². The highest BCUT2D eigenvalue weighted by atomic mass is 19.1. The number of phenolic OH excluding ortho intramolecular Hbond substituents is 2. The third kappa shape index (κ3) is 4.40. The zero-order chi connectivity index (χ0) is 21.8. The van der Waals surface area contributed by atoms with Crippen molar-refractivity contribution in [3.05, 3.63) is 71.6 Å². The van der Waals surface area contributed by atoms with Gasteiger partial charge in [-0.05, 0) is 73.9 Å². The molecule has 0 aliphatic heterocycles. The average Bonchev–Trinajstić information content (AvgIpc) is 2.69. The van der Waals surface area contributed by atoms with Gasteiger partial charge in [0.05, 0.1) is 7.11 Å². The number of hydrogen-bond acceptors (Lipinski definition) is 4. The number of aryl methyl sites for hydroxylation is 1. The van der Waals surface area contributed by atoms with Gasteiger partial charge in [0.25, 0.3) is 0 Å². The van der Waals surface area contributed by atoms with Crippen molar-refractivity contribution in [3.63, 3.8) is 0 Å². The minimum atomic E-state index is -0.505. The highest BCUT2D eigenvalue weighted by Crippen LogP contribution is 2.46. The van der Waals surface area contributed by atoms with E-state index in [2.05, 4.69) is 0 Å². The Hall–Kier alpha value is -3.47. The van der Waals surface area contributed by atoms with Gasteiger partial charge in [-0.15, -0.1) is 0 Å². The number of hydrogen-bond donors (Lipinski definition) is 2. The molecule has 5 heteroatoms. The molecule has 3 rings (SSSR count). The van der Waals surface area contributed by atoms with Crippen LogP contribution in [0, 0.1) is 12.7 Å². The van der Waals surface area contributed by atoms with E-state index in [1.54, 1.807) is 36.4 Å². The van der Waals surface area contributed by atoms with Gasteiger partial charge in [-0.1, -0.05) is 23.8 Å². The normalized spacial score (nSPS) is 10.6. The van der Waals surface area contributed by atoms with Crippen LogP contribution in [0.2, 0.25) is 0 Å². The van der Waals surface area contributed by atoms with Crippen molar-refractivity contribution < 1.29 is 24.1 Å². The number of benzene rings is 3. The summed E-state index contributed by atoms with van der Waals surface area (Å²) in [6.07, 6.45) is 1.87. The molecule has 0 fully saturated rings. The zero-order valence-electron chi connectivity index (χ0n) is 17.5. The first-order valence-corrected chi connectivity index (χ1v) is 9.58. The highest BCUT2D eigenvalue weighted by molar-refractivity contribution is 5.85. The average molecular weight is 408 g/mol. The summed E-state index contributed by atoms with van der Waals surface area (Å²) in [5.41, 5.74) is 4.32. The minimum Gasteiger partial charge on any atom is -0.508 e. The maximum atomic E-state index is 14.6. The van der Waals surface area contributed by atoms with E-state index in [1.807, 2.05) is 32.9 Å². The van der Waals surface area contributed by atoms with Crippen LogP contribution in [0.25, 0.3) is 22.3 Å². The fourth-order valence-electron chi connectivity index (χ4n) is 3.28. The molecule has 156 valence electrons. The Kier molecular flexibility index (Phi) is 6.31. The lowest BCUT2D eigenvalue weighted by Crippen LogP contribution is -1.98. The Bertz CT molecular complexity index is 1080. The second-order valence-corrected chi connectivity index (χ2v) is 7.28. The molecule has 0 aliphatic rings. The van der Waals surface area contributed by atoms with Gasteiger partial charge in [-0.3, -0.25) is 0 Å². The fraction of sp³-hybridized carbons (Fsp3) is 0.200. The topological polar surface area (TPSA) is 58.9 Å². The summed E-state index contributed by atoms with van der Waals surface area (Å²) in [4.78, 5) is 0. The van der Waals surface area contributed by atoms with Crippen LogP contribution in [0.15, 0.2) is 60.2 Å². The number of halogens is 1. The van der Waals surface area contributed by atoms with E-state index < -0.39 is 5.82 Å². The standard InChI is InChI=1S/C25H25FO4/c1-15(2)11-12-30-22-10-7-18(14-21(22)26)23-16(3)13-20(25(29-4)24(23)28)17-5-8-19(27)9-6-17/h5-11,13-14,27-28H,12H2,1-4H3. The van der Waals surface area contributed by atoms with Crippen molar-refractivity contribution >= 4 is 0 Å². The van der Waals surface area contributed by atoms with E-state index in [4.69, 9.17) is 9.47 Å². The molecule has 0 bridgehead atoms. The largest absolute Gasteiger partial charge is 0.508 e. The fourth-order valence-corrected chi connectivity index (χ4v) is 3.28. The first-order chi connectivity index (χ1) is 14.3. The zero-order valence-corrected chi connectivity index (χ0v) is 17.5. The Labute approximate surface area is 175 Å². The predicted octanol–water partition coefficient (Wildman–Crippen LogP) is 6.23. The molecule has 0 heterocycles. The van der Waals surface area contributed by atoms with Gasteiger partial charge >= 0.3 is 0 Å². The molecule has 2 N–H and O–H groups in total. The van der Waals surface area contributed by atoms with Gasteiger partial charge in [-0.2, -0.15) is 0 Å². The third-order valence-electron chi connectivity index (χ3n) is 4.79. The molecule has 0 amide bonds. The molecule has 0 atom stereocenters. The summed E-state index contributed by atoms with van der Waals surface area (Å²) in [5, 5.41) is 20.5. The van der Waals surface area contributed by atoms with Gasteiger partial charge in [0.15, 0.2) is 23.1 Å². The van der Waals surface area contributed by atoms with E-state index in [9.17, 15) is 14.6 Å². The lowest BCUT2D eigenvalue weighted by molar-refractivity contribution is 0.341. The van der Waals surface area contributed by atoms with Crippen LogP contribution in [0.5, 0.6) is 23.0 Å². The summed E-state index contributed by atoms with van der Waals surface area (Å²) in [5.74, 6) is 0.0116. The number of aromatic hydroxyl groups is 2. The first kappa shape index (κ1) is 21.2. The second kappa shape index (κ2) is 8.91. The van der Waals surface area contributed by atoms with Crippen molar-refractivity contribution in [1.29, 1.82) is 0 Å². The molecular weight excluding hydrogens is 383 g/mol. The number of allylic oxidation sites excluding steroid dienone is 1. The molecule has 0 aliphatic carbocycles. The van der Waals surface area contributed by atoms with Crippen molar-refractivity contribution in [1.82, 2.24) is 0 Å². The van der Waals surface area contributed by atoms with Crippen LogP contribution in [-0.2, 0) is 0 Å². The van der Waals surface area contributed by atoms with E-state index in [1.165, 1.54) is 13.2 Å². The maximum absolute atomic E-state index is 14.6. The van der Waals surface area contributed by atoms with Crippen LogP contribution in [0.1, 0.15) is 19.4 Å². The number of rotatable bonds is 6. The summed E-state index contributed by atoms with van der Waals surface area (Å²) >= 11 is 0. The first-order valence-electron chi connectivity index (χ1n) is 9.58. The number of methoxy groups -OCH3 is 1. The second-order valence-electron chi connectivity index (χ2n) is 7.28. The van der Waals surface area contributed by atoms with Crippen LogP contribution < -0.4 is 9.47 Å². The molecule has 0 saturated heterocycles. The summed E-state index contributed by atoms with van der Waals surface area (Å²) < 4.78 is 25.5. The molecule has 3 aromatic rings. The SMILES string of the molecule is COc1c(-c2ccc(O)cc2)cc(C)c(-c2ccc(OCC=C(C)C)c(F)c2)c1O. The molecule has 0 radical (unpaired) electrons. The molecule has 0 aromatic heterocycles. The van der Waals surface area contributed by atoms with Gasteiger partial charge in [-0.25, -0.2) is 4.39 Å². The quantitative estimate of drug-likeness (QED) is 0.475. The van der Waals surface area contributed by atoms with Crippen molar-refractivity contribution in [2.24, 2.45) is 0 Å². The summed E-state index contributed by atoms with van der Waals surface area (Å²) in [7, 11) is 1.47. The van der Waals surface area contributed by atoms with Gasteiger partial charge in [0.1, 0.15) is 12.4 Å². The van der Waals surface area contributed by atoms with Crippen molar-refractivity contribution in [2.75, 3.05) is 13.7 Å². The predicted molar refractivity (Wildman–Crippen MR) is 117 cm³/mol. The Morgan fingerprint density at radius 1 is 1.00 bits per heavy atom. The maximum Gasteiger partial charge on any atom is 0.168 e. The monoisotopic (exact) mass is 408 g/mol. The van der Waals surface area contributed by atoms with Crippen LogP contribution in [-0.4, -0.2) is 23.9 Å². The third-order valence-corrected chi connectivity index (χ3v) is 4.79. The van der Waals surface area contributed by atoms with E-state index in [-0.39, 0.29) is 29.6 Å². The molecule has 30 heavy (non-hydrogen) atoms. The Morgan fingerprint density at radius 2 is 1.67 bits per heavy atom. The molecule has 3 aromatic carbocycles. The van der Waals surface area contributed by atoms with Gasteiger partial charge < -0.3 is 19.7 Å². The molecule has 0 unspecified atom stereocenters. The van der Waals surface area contributed by atoms with E-state index in [0.29, 0.717) is 16.7 Å². The lowest BCUT2D eigenvalue weighted by atomic mass is 9.93. The summed E-state index contributed by atoms with van der Waals surface area (Å²) in [6, 6.07) is 13.1. The minimum absolute atomic E-state index is 0.0711. The Morgan fingerprint density at radius 3 is 2.27 bits per heavy atom. The number of phenols is 2. The molecule has 0 spiro atoms. The highest BCUT2D eigenvalue weighted by Gasteiger charge is 2.20.